The SMILES string of the molecule is C=C/C(=C\C=C\C(C)(C)C)N1C(=O)C2(CC2c2cccc(OCCc3nc(-c4ccccc4)oc3C)c2)[C@@H]1C(=O)O. The number of aromatic nitrogens is 1. The molecular formula is C34H36N2O5. The highest BCUT2D eigenvalue weighted by atomic mass is 16.5. The number of nitrogens with zero attached hydrogens (tertiary/aromatic N) is 2. The molecule has 0 bridgehead atoms. The molecule has 2 aromatic carbocycles. The summed E-state index contributed by atoms with van der Waals surface area (Å²) < 4.78 is 11.9. The first-order valence-electron chi connectivity index (χ1n) is 13.9. The van der Waals surface area contributed by atoms with Crippen LogP contribution in [0.3, 0.4) is 0 Å². The van der Waals surface area contributed by atoms with Gasteiger partial charge in [0.2, 0.25) is 11.8 Å². The van der Waals surface area contributed by atoms with Crippen LogP contribution in [0.4, 0.5) is 0 Å². The molecule has 1 aliphatic carbocycles. The van der Waals surface area contributed by atoms with Crippen LogP contribution in [0.1, 0.15) is 50.1 Å². The molecule has 1 aromatic heterocycles. The van der Waals surface area contributed by atoms with Crippen molar-refractivity contribution in [1.82, 2.24) is 9.88 Å². The van der Waals surface area contributed by atoms with Crippen molar-refractivity contribution in [2.45, 2.75) is 52.5 Å². The Morgan fingerprint density at radius 1 is 1.22 bits per heavy atom. The molecule has 7 heteroatoms. The maximum absolute atomic E-state index is 13.5. The molecule has 5 rings (SSSR count). The Morgan fingerprint density at radius 2 is 1.98 bits per heavy atom. The highest BCUT2D eigenvalue weighted by molar-refractivity contribution is 6.05. The summed E-state index contributed by atoms with van der Waals surface area (Å²) in [5, 5.41) is 10.1. The topological polar surface area (TPSA) is 92.9 Å². The van der Waals surface area contributed by atoms with Crippen LogP contribution < -0.4 is 4.74 Å². The van der Waals surface area contributed by atoms with Crippen LogP contribution in [-0.4, -0.2) is 39.5 Å². The third kappa shape index (κ3) is 5.49. The van der Waals surface area contributed by atoms with Crippen molar-refractivity contribution in [1.29, 1.82) is 0 Å². The molecule has 2 unspecified atom stereocenters. The molecule has 2 fully saturated rings. The summed E-state index contributed by atoms with van der Waals surface area (Å²) in [6.07, 6.45) is 8.22. The lowest BCUT2D eigenvalue weighted by atomic mass is 9.79. The molecule has 3 aromatic rings. The lowest BCUT2D eigenvalue weighted by Gasteiger charge is -2.46. The van der Waals surface area contributed by atoms with E-state index in [-0.39, 0.29) is 17.2 Å². The van der Waals surface area contributed by atoms with Crippen LogP contribution in [0, 0.1) is 17.8 Å². The van der Waals surface area contributed by atoms with Gasteiger partial charge in [-0.2, -0.15) is 0 Å². The van der Waals surface area contributed by atoms with Crippen LogP contribution in [0.2, 0.25) is 0 Å². The lowest BCUT2D eigenvalue weighted by Crippen LogP contribution is -2.65. The summed E-state index contributed by atoms with van der Waals surface area (Å²) in [4.78, 5) is 31.8. The zero-order valence-corrected chi connectivity index (χ0v) is 24.0. The van der Waals surface area contributed by atoms with Gasteiger partial charge in [-0.1, -0.05) is 69.8 Å². The van der Waals surface area contributed by atoms with Crippen LogP contribution in [0.25, 0.3) is 11.5 Å². The molecule has 3 atom stereocenters. The molecule has 1 aliphatic heterocycles. The highest BCUT2D eigenvalue weighted by Crippen LogP contribution is 2.69. The van der Waals surface area contributed by atoms with Gasteiger partial charge in [-0.25, -0.2) is 9.78 Å². The Balaban J connectivity index is 1.26. The summed E-state index contributed by atoms with van der Waals surface area (Å²) in [7, 11) is 0. The van der Waals surface area contributed by atoms with Crippen LogP contribution >= 0.6 is 0 Å². The number of carbonyl (C=O) groups is 2. The van der Waals surface area contributed by atoms with Crippen LogP contribution in [0.5, 0.6) is 5.75 Å². The molecule has 7 nitrogen and oxygen atoms in total. The fraction of sp³-hybridized carbons (Fsp3) is 0.324. The molecule has 1 N–H and O–H groups in total. The van der Waals surface area contributed by atoms with Crippen molar-refractivity contribution in [3.63, 3.8) is 0 Å². The number of β-lactam (4-membered cyclic amide) rings is 1. The summed E-state index contributed by atoms with van der Waals surface area (Å²) >= 11 is 0. The predicted octanol–water partition coefficient (Wildman–Crippen LogP) is 6.71. The van der Waals surface area contributed by atoms with E-state index in [0.717, 1.165) is 22.6 Å². The minimum atomic E-state index is -1.01. The highest BCUT2D eigenvalue weighted by Gasteiger charge is 2.77. The van der Waals surface area contributed by atoms with Gasteiger partial charge in [-0.15, -0.1) is 0 Å². The van der Waals surface area contributed by atoms with Gasteiger partial charge in [0, 0.05) is 23.6 Å². The number of likely N-dealkylation sites (tertiary alicyclic amines) is 1. The maximum atomic E-state index is 13.5. The minimum Gasteiger partial charge on any atom is -0.493 e. The average Bonchev–Trinajstić information content (AvgIpc) is 3.61. The quantitative estimate of drug-likeness (QED) is 0.222. The summed E-state index contributed by atoms with van der Waals surface area (Å²) in [5.74, 6) is 0.653. The lowest BCUT2D eigenvalue weighted by molar-refractivity contribution is -0.170. The van der Waals surface area contributed by atoms with Crippen molar-refractivity contribution in [2.75, 3.05) is 6.61 Å². The number of oxazole rings is 1. The van der Waals surface area contributed by atoms with E-state index >= 15 is 0 Å². The Morgan fingerprint density at radius 3 is 2.66 bits per heavy atom. The molecule has 0 radical (unpaired) electrons. The Labute approximate surface area is 240 Å². The number of benzene rings is 2. The molecule has 1 amide bonds. The molecule has 212 valence electrons. The van der Waals surface area contributed by atoms with Gasteiger partial charge in [0.15, 0.2) is 0 Å². The first kappa shape index (κ1) is 28.1. The van der Waals surface area contributed by atoms with Crippen molar-refractivity contribution in [2.24, 2.45) is 10.8 Å². The number of hydrogen-bond donors (Lipinski definition) is 1. The smallest absolute Gasteiger partial charge is 0.327 e. The zero-order chi connectivity index (χ0) is 29.4. The third-order valence-electron chi connectivity index (χ3n) is 7.73. The second-order valence-electron chi connectivity index (χ2n) is 11.8. The van der Waals surface area contributed by atoms with Crippen LogP contribution in [-0.2, 0) is 16.0 Å². The maximum Gasteiger partial charge on any atom is 0.327 e. The van der Waals surface area contributed by atoms with E-state index in [9.17, 15) is 14.7 Å². The number of aryl methyl sites for hydroxylation is 1. The molecule has 1 saturated carbocycles. The Hall–Kier alpha value is -4.39. The van der Waals surface area contributed by atoms with Gasteiger partial charge >= 0.3 is 5.97 Å². The van der Waals surface area contributed by atoms with Gasteiger partial charge in [0.1, 0.15) is 17.6 Å². The van der Waals surface area contributed by atoms with E-state index < -0.39 is 17.4 Å². The van der Waals surface area contributed by atoms with Crippen LogP contribution in [0.15, 0.2) is 95.6 Å². The van der Waals surface area contributed by atoms with E-state index in [0.29, 0.717) is 36.8 Å². The Kier molecular flexibility index (Phi) is 7.47. The predicted molar refractivity (Wildman–Crippen MR) is 157 cm³/mol. The average molecular weight is 553 g/mol. The van der Waals surface area contributed by atoms with Gasteiger partial charge in [-0.3, -0.25) is 9.69 Å². The number of carboxylic acid groups (broad SMARTS) is 1. The molecule has 2 heterocycles. The fourth-order valence-corrected chi connectivity index (χ4v) is 5.59. The second kappa shape index (κ2) is 10.9. The monoisotopic (exact) mass is 552 g/mol. The van der Waals surface area contributed by atoms with Crippen molar-refractivity contribution in [3.8, 4) is 17.2 Å². The number of rotatable bonds is 10. The molecule has 41 heavy (non-hydrogen) atoms. The van der Waals surface area contributed by atoms with Gasteiger partial charge in [-0.05, 0) is 60.7 Å². The first-order valence-corrected chi connectivity index (χ1v) is 13.9. The molecule has 1 spiro atoms. The molecule has 2 aliphatic rings. The number of carboxylic acids is 1. The Bertz CT molecular complexity index is 1530. The summed E-state index contributed by atoms with van der Waals surface area (Å²) in [5.41, 5.74) is 2.19. The van der Waals surface area contributed by atoms with Gasteiger partial charge in [0.05, 0.1) is 17.7 Å². The molecule has 1 saturated heterocycles. The number of ether oxygens (including phenoxy) is 1. The number of hydrogen-bond acceptors (Lipinski definition) is 5. The number of allylic oxidation sites excluding steroid dienone is 4. The van der Waals surface area contributed by atoms with E-state index in [4.69, 9.17) is 9.15 Å². The number of carbonyl (C=O) groups excluding carboxylic acids is 1. The largest absolute Gasteiger partial charge is 0.493 e. The summed E-state index contributed by atoms with van der Waals surface area (Å²) in [6, 6.07) is 16.4. The van der Waals surface area contributed by atoms with E-state index in [2.05, 4.69) is 32.3 Å². The van der Waals surface area contributed by atoms with Crippen molar-refractivity contribution < 1.29 is 23.8 Å². The van der Waals surface area contributed by atoms with Crippen molar-refractivity contribution in [3.05, 3.63) is 108 Å². The molecular weight excluding hydrogens is 516 g/mol. The number of aliphatic carboxylic acids is 1. The van der Waals surface area contributed by atoms with E-state index in [1.54, 1.807) is 12.2 Å². The van der Waals surface area contributed by atoms with Crippen molar-refractivity contribution >= 4 is 11.9 Å². The van der Waals surface area contributed by atoms with E-state index in [1.807, 2.05) is 73.7 Å². The normalized spacial score (nSPS) is 22.2. The number of amides is 1. The standard InChI is InChI=1S/C34H36N2O5/c1-6-25(15-11-18-33(3,4)5)36-29(31(37)38)34(32(36)39)21-27(34)24-14-10-16-26(20-24)40-19-17-28-22(2)41-30(35-28)23-12-8-7-9-13-23/h6-16,18,20,27,29H,1,17,19,21H2,2-5H3,(H,37,38)/b18-11+,25-15+/t27?,29-,34?/m0/s1. The van der Waals surface area contributed by atoms with E-state index in [1.165, 1.54) is 4.90 Å². The fourth-order valence-electron chi connectivity index (χ4n) is 5.59. The minimum absolute atomic E-state index is 0.0389. The van der Waals surface area contributed by atoms with Gasteiger partial charge in [0.25, 0.3) is 0 Å². The summed E-state index contributed by atoms with van der Waals surface area (Å²) in [6.45, 7) is 12.3. The first-order chi connectivity index (χ1) is 19.5. The third-order valence-corrected chi connectivity index (χ3v) is 7.73. The second-order valence-corrected chi connectivity index (χ2v) is 11.8. The zero-order valence-electron chi connectivity index (χ0n) is 24.0. The van der Waals surface area contributed by atoms with Gasteiger partial charge < -0.3 is 14.3 Å².